The van der Waals surface area contributed by atoms with Crippen molar-refractivity contribution in [2.75, 3.05) is 0 Å². The van der Waals surface area contributed by atoms with E-state index in [1.54, 1.807) is 0 Å². The molecule has 2 saturated carbocycles. The molecule has 2 aliphatic carbocycles. The van der Waals surface area contributed by atoms with Crippen LogP contribution in [0.1, 0.15) is 50.8 Å². The summed E-state index contributed by atoms with van der Waals surface area (Å²) in [5.41, 5.74) is 1.08. The number of nitrogens with zero attached hydrogens (tertiary/aromatic N) is 2. The fourth-order valence-corrected chi connectivity index (χ4v) is 11.4. The van der Waals surface area contributed by atoms with Crippen molar-refractivity contribution in [1.29, 1.82) is 0 Å². The summed E-state index contributed by atoms with van der Waals surface area (Å²) >= 11 is 0. The molecular formula is C31H32F3N3OSi. The van der Waals surface area contributed by atoms with Gasteiger partial charge in [-0.2, -0.15) is 18.3 Å². The lowest BCUT2D eigenvalue weighted by Gasteiger charge is -2.45. The predicted molar refractivity (Wildman–Crippen MR) is 148 cm³/mol. The maximum absolute atomic E-state index is 13.2. The van der Waals surface area contributed by atoms with Crippen molar-refractivity contribution >= 4 is 18.7 Å². The van der Waals surface area contributed by atoms with Gasteiger partial charge >= 0.3 is 6.18 Å². The highest BCUT2D eigenvalue weighted by Crippen LogP contribution is 2.64. The molecule has 8 heteroatoms. The van der Waals surface area contributed by atoms with E-state index in [4.69, 9.17) is 4.43 Å². The van der Waals surface area contributed by atoms with Gasteiger partial charge in [-0.25, -0.2) is 0 Å². The highest BCUT2D eigenvalue weighted by Gasteiger charge is 2.60. The SMILES string of the molecule is CC(C)(C)[Si](OC1C[C@@H]2C(c3cc(-c4cncc(C(F)(F)F)c4)n[nH]3)[C@@H]2C1)(c1ccccc1)c1ccccc1. The molecule has 2 aromatic carbocycles. The van der Waals surface area contributed by atoms with Crippen molar-refractivity contribution in [3.05, 3.63) is 96.4 Å². The molecule has 2 fully saturated rings. The zero-order valence-corrected chi connectivity index (χ0v) is 23.2. The van der Waals surface area contributed by atoms with Crippen LogP contribution in [0.15, 0.2) is 85.2 Å². The van der Waals surface area contributed by atoms with Crippen molar-refractivity contribution in [2.24, 2.45) is 11.8 Å². The number of halogens is 3. The molecule has 0 aliphatic heterocycles. The number of rotatable bonds is 6. The number of nitrogens with one attached hydrogen (secondary N) is 1. The Morgan fingerprint density at radius 2 is 1.44 bits per heavy atom. The average molecular weight is 548 g/mol. The van der Waals surface area contributed by atoms with Crippen LogP contribution in [-0.2, 0) is 10.6 Å². The molecule has 2 aliphatic rings. The van der Waals surface area contributed by atoms with Crippen LogP contribution in [-0.4, -0.2) is 29.6 Å². The molecule has 202 valence electrons. The van der Waals surface area contributed by atoms with Gasteiger partial charge in [-0.1, -0.05) is 81.4 Å². The first-order chi connectivity index (χ1) is 18.6. The van der Waals surface area contributed by atoms with Crippen molar-refractivity contribution in [1.82, 2.24) is 15.2 Å². The van der Waals surface area contributed by atoms with E-state index in [0.717, 1.165) is 30.8 Å². The number of aromatic amines is 1. The van der Waals surface area contributed by atoms with E-state index in [1.165, 1.54) is 16.6 Å². The van der Waals surface area contributed by atoms with Crippen LogP contribution in [0.2, 0.25) is 5.04 Å². The maximum atomic E-state index is 13.2. The topological polar surface area (TPSA) is 50.8 Å². The number of hydrogen-bond acceptors (Lipinski definition) is 3. The van der Waals surface area contributed by atoms with Crippen LogP contribution < -0.4 is 10.4 Å². The van der Waals surface area contributed by atoms with E-state index >= 15 is 0 Å². The van der Waals surface area contributed by atoms with Gasteiger partial charge in [0.05, 0.1) is 11.3 Å². The fourth-order valence-electron chi connectivity index (χ4n) is 6.68. The first-order valence-corrected chi connectivity index (χ1v) is 15.4. The minimum absolute atomic E-state index is 0.0703. The van der Waals surface area contributed by atoms with Crippen LogP contribution in [0.3, 0.4) is 0 Å². The number of hydrogen-bond donors (Lipinski definition) is 1. The Kier molecular flexibility index (Phi) is 6.30. The third-order valence-electron chi connectivity index (χ3n) is 8.48. The van der Waals surface area contributed by atoms with Gasteiger partial charge in [0.2, 0.25) is 0 Å². The van der Waals surface area contributed by atoms with Crippen molar-refractivity contribution < 1.29 is 17.6 Å². The van der Waals surface area contributed by atoms with E-state index in [-0.39, 0.29) is 11.1 Å². The van der Waals surface area contributed by atoms with Crippen LogP contribution in [0, 0.1) is 11.8 Å². The molecule has 2 heterocycles. The Hall–Kier alpha value is -3.23. The highest BCUT2D eigenvalue weighted by molar-refractivity contribution is 6.99. The van der Waals surface area contributed by atoms with Gasteiger partial charge in [-0.3, -0.25) is 10.1 Å². The number of H-pyrrole nitrogens is 1. The smallest absolute Gasteiger partial charge is 0.404 e. The molecule has 4 aromatic rings. The molecule has 1 N–H and O–H groups in total. The van der Waals surface area contributed by atoms with Gasteiger partial charge < -0.3 is 4.43 Å². The van der Waals surface area contributed by atoms with Gasteiger partial charge in [0.25, 0.3) is 8.32 Å². The van der Waals surface area contributed by atoms with Gasteiger partial charge in [0.15, 0.2) is 0 Å². The van der Waals surface area contributed by atoms with Gasteiger partial charge in [-0.15, -0.1) is 0 Å². The molecule has 0 bridgehead atoms. The van der Waals surface area contributed by atoms with Crippen LogP contribution in [0.4, 0.5) is 13.2 Å². The molecule has 4 atom stereocenters. The molecule has 0 amide bonds. The van der Waals surface area contributed by atoms with E-state index in [9.17, 15) is 13.2 Å². The highest BCUT2D eigenvalue weighted by atomic mass is 28.4. The lowest BCUT2D eigenvalue weighted by Crippen LogP contribution is -2.67. The van der Waals surface area contributed by atoms with E-state index in [2.05, 4.69) is 96.6 Å². The molecule has 4 nitrogen and oxygen atoms in total. The van der Waals surface area contributed by atoms with Crippen molar-refractivity contribution in [3.8, 4) is 11.3 Å². The standard InChI is InChI=1S/C31H32F3N3OSi/c1-30(2,3)39(23-10-6-4-7-11-23,24-12-8-5-9-13-24)38-22-15-25-26(16-22)29(25)28-17-27(36-37-28)20-14-21(19-35-18-20)31(32,33)34/h4-14,17-19,22,25-26,29H,15-16H2,1-3H3,(H,36,37)/t22?,25-,26+,29?. The number of fused-ring (bicyclic) bond motifs is 1. The monoisotopic (exact) mass is 547 g/mol. The summed E-state index contributed by atoms with van der Waals surface area (Å²) in [5.74, 6) is 1.31. The van der Waals surface area contributed by atoms with Crippen LogP contribution >= 0.6 is 0 Å². The van der Waals surface area contributed by atoms with Gasteiger partial charge in [0, 0.05) is 35.7 Å². The molecular weight excluding hydrogens is 515 g/mol. The molecule has 2 unspecified atom stereocenters. The summed E-state index contributed by atoms with van der Waals surface area (Å²) in [5, 5.41) is 9.93. The van der Waals surface area contributed by atoms with Gasteiger partial charge in [-0.05, 0) is 52.2 Å². The third-order valence-corrected chi connectivity index (χ3v) is 13.6. The Labute approximate surface area is 227 Å². The molecule has 0 saturated heterocycles. The Bertz CT molecular complexity index is 1400. The van der Waals surface area contributed by atoms with E-state index in [1.807, 2.05) is 6.07 Å². The molecule has 2 aromatic heterocycles. The van der Waals surface area contributed by atoms with Crippen molar-refractivity contribution in [3.63, 3.8) is 0 Å². The summed E-state index contributed by atoms with van der Waals surface area (Å²) < 4.78 is 46.8. The summed E-state index contributed by atoms with van der Waals surface area (Å²) in [7, 11) is -2.60. The molecule has 39 heavy (non-hydrogen) atoms. The maximum Gasteiger partial charge on any atom is 0.417 e. The lowest BCUT2D eigenvalue weighted by molar-refractivity contribution is -0.137. The summed E-state index contributed by atoms with van der Waals surface area (Å²) in [6.07, 6.45) is -0.0584. The number of alkyl halides is 3. The lowest BCUT2D eigenvalue weighted by atomic mass is 10.1. The first kappa shape index (κ1) is 26.0. The second-order valence-corrected chi connectivity index (χ2v) is 16.1. The summed E-state index contributed by atoms with van der Waals surface area (Å²) in [4.78, 5) is 3.78. The van der Waals surface area contributed by atoms with E-state index < -0.39 is 20.1 Å². The van der Waals surface area contributed by atoms with Crippen LogP contribution in [0.25, 0.3) is 11.3 Å². The summed E-state index contributed by atoms with van der Waals surface area (Å²) in [6, 6.07) is 24.4. The largest absolute Gasteiger partial charge is 0.417 e. The Morgan fingerprint density at radius 1 is 0.846 bits per heavy atom. The number of aromatic nitrogens is 3. The van der Waals surface area contributed by atoms with Gasteiger partial charge in [0.1, 0.15) is 0 Å². The van der Waals surface area contributed by atoms with Crippen LogP contribution in [0.5, 0.6) is 0 Å². The first-order valence-electron chi connectivity index (χ1n) is 13.4. The minimum Gasteiger partial charge on any atom is -0.404 e. The molecule has 6 rings (SSSR count). The number of pyridine rings is 1. The zero-order chi connectivity index (χ0) is 27.4. The van der Waals surface area contributed by atoms with Crippen molar-refractivity contribution in [2.45, 2.75) is 56.8 Å². The fraction of sp³-hybridized carbons (Fsp3) is 0.355. The average Bonchev–Trinajstić information content (AvgIpc) is 3.24. The molecule has 0 radical (unpaired) electrons. The molecule has 0 spiro atoms. The Morgan fingerprint density at radius 3 is 1.97 bits per heavy atom. The normalized spacial score (nSPS) is 23.0. The Balaban J connectivity index is 1.22. The minimum atomic E-state index is -4.43. The second-order valence-electron chi connectivity index (χ2n) is 11.9. The zero-order valence-electron chi connectivity index (χ0n) is 22.2. The summed E-state index contributed by atoms with van der Waals surface area (Å²) in [6.45, 7) is 6.89. The number of benzene rings is 2. The third kappa shape index (κ3) is 4.63. The quantitative estimate of drug-likeness (QED) is 0.278. The predicted octanol–water partition coefficient (Wildman–Crippen LogP) is 6.56. The second kappa shape index (κ2) is 9.45. The van der Waals surface area contributed by atoms with E-state index in [0.29, 0.717) is 29.0 Å².